The second-order valence-electron chi connectivity index (χ2n) is 7.40. The zero-order valence-corrected chi connectivity index (χ0v) is 16.4. The van der Waals surface area contributed by atoms with Gasteiger partial charge in [0.1, 0.15) is 11.9 Å². The van der Waals surface area contributed by atoms with Gasteiger partial charge in [-0.25, -0.2) is 0 Å². The molecule has 0 aromatic rings. The number of hydrogen-bond donors (Lipinski definition) is 0. The molecule has 3 nitrogen and oxygen atoms in total. The Kier molecular flexibility index (Phi) is 12.4. The van der Waals surface area contributed by atoms with E-state index in [1.54, 1.807) is 0 Å². The summed E-state index contributed by atoms with van der Waals surface area (Å²) in [5.41, 5.74) is 0. The lowest BCUT2D eigenvalue weighted by molar-refractivity contribution is -0.185. The second-order valence-corrected chi connectivity index (χ2v) is 7.40. The standard InChI is InChI=1S/C22H38O3/c1-3-5-7-9-10-11-12-13-14-16-19(23)18-21-20(22(24)25-21)17-15-8-6-4-2/h8,15,20-21H,3-7,9-14,16-18H2,1-2H3/t20-,21-/m0/s1. The smallest absolute Gasteiger partial charge is 0.313 e. The number of cyclic esters (lactones) is 1. The van der Waals surface area contributed by atoms with Crippen molar-refractivity contribution in [1.29, 1.82) is 0 Å². The predicted octanol–water partition coefficient (Wildman–Crippen LogP) is 6.15. The van der Waals surface area contributed by atoms with Crippen LogP contribution in [0.4, 0.5) is 0 Å². The fourth-order valence-electron chi connectivity index (χ4n) is 3.32. The molecule has 0 spiro atoms. The molecule has 144 valence electrons. The van der Waals surface area contributed by atoms with Crippen LogP contribution < -0.4 is 0 Å². The Balaban J connectivity index is 2.03. The first-order valence-corrected chi connectivity index (χ1v) is 10.6. The quantitative estimate of drug-likeness (QED) is 0.190. The Morgan fingerprint density at radius 2 is 1.56 bits per heavy atom. The Morgan fingerprint density at radius 1 is 0.920 bits per heavy atom. The fourth-order valence-corrected chi connectivity index (χ4v) is 3.32. The molecule has 0 N–H and O–H groups in total. The van der Waals surface area contributed by atoms with Crippen LogP contribution in [-0.2, 0) is 14.3 Å². The number of allylic oxidation sites excluding steroid dienone is 2. The highest BCUT2D eigenvalue weighted by atomic mass is 16.6. The number of unbranched alkanes of at least 4 members (excludes halogenated alkanes) is 9. The van der Waals surface area contributed by atoms with Crippen LogP contribution in [0.25, 0.3) is 0 Å². The Bertz CT molecular complexity index is 400. The van der Waals surface area contributed by atoms with Crippen molar-refractivity contribution in [3.63, 3.8) is 0 Å². The van der Waals surface area contributed by atoms with E-state index in [9.17, 15) is 9.59 Å². The van der Waals surface area contributed by atoms with Crippen molar-refractivity contribution in [3.05, 3.63) is 12.2 Å². The summed E-state index contributed by atoms with van der Waals surface area (Å²) >= 11 is 0. The van der Waals surface area contributed by atoms with Gasteiger partial charge in [-0.05, 0) is 19.3 Å². The molecule has 0 aromatic heterocycles. The van der Waals surface area contributed by atoms with Crippen LogP contribution in [0.3, 0.4) is 0 Å². The highest BCUT2D eigenvalue weighted by molar-refractivity contribution is 5.84. The maximum Gasteiger partial charge on any atom is 0.313 e. The number of hydrogen-bond acceptors (Lipinski definition) is 3. The number of esters is 1. The van der Waals surface area contributed by atoms with E-state index >= 15 is 0 Å². The first kappa shape index (κ1) is 21.9. The number of carbonyl (C=O) groups excluding carboxylic acids is 2. The van der Waals surface area contributed by atoms with Crippen LogP contribution in [-0.4, -0.2) is 17.9 Å². The van der Waals surface area contributed by atoms with Gasteiger partial charge >= 0.3 is 5.97 Å². The van der Waals surface area contributed by atoms with Gasteiger partial charge in [-0.3, -0.25) is 9.59 Å². The molecule has 25 heavy (non-hydrogen) atoms. The van der Waals surface area contributed by atoms with Crippen molar-refractivity contribution in [3.8, 4) is 0 Å². The summed E-state index contributed by atoms with van der Waals surface area (Å²) in [5, 5.41) is 0. The molecule has 0 bridgehead atoms. The topological polar surface area (TPSA) is 43.4 Å². The van der Waals surface area contributed by atoms with Crippen molar-refractivity contribution in [2.45, 2.75) is 110 Å². The van der Waals surface area contributed by atoms with E-state index in [1.807, 2.05) is 0 Å². The summed E-state index contributed by atoms with van der Waals surface area (Å²) in [4.78, 5) is 23.6. The molecule has 0 aromatic carbocycles. The molecule has 0 amide bonds. The predicted molar refractivity (Wildman–Crippen MR) is 104 cm³/mol. The molecule has 2 atom stereocenters. The van der Waals surface area contributed by atoms with E-state index in [0.29, 0.717) is 12.8 Å². The summed E-state index contributed by atoms with van der Waals surface area (Å²) in [6.07, 6.45) is 19.3. The Hall–Kier alpha value is -1.12. The van der Waals surface area contributed by atoms with Crippen molar-refractivity contribution in [2.75, 3.05) is 0 Å². The molecule has 0 unspecified atom stereocenters. The summed E-state index contributed by atoms with van der Waals surface area (Å²) in [6, 6.07) is 0. The first-order valence-electron chi connectivity index (χ1n) is 10.6. The van der Waals surface area contributed by atoms with Gasteiger partial charge in [0.05, 0.1) is 5.92 Å². The zero-order chi connectivity index (χ0) is 18.3. The minimum atomic E-state index is -0.176. The van der Waals surface area contributed by atoms with Crippen LogP contribution in [0.1, 0.15) is 104 Å². The van der Waals surface area contributed by atoms with E-state index < -0.39 is 0 Å². The summed E-state index contributed by atoms with van der Waals surface area (Å²) in [5.74, 6) is 0.0187. The Labute approximate surface area is 154 Å². The van der Waals surface area contributed by atoms with Crippen molar-refractivity contribution >= 4 is 11.8 Å². The van der Waals surface area contributed by atoms with Gasteiger partial charge in [0.15, 0.2) is 0 Å². The van der Waals surface area contributed by atoms with Crippen molar-refractivity contribution < 1.29 is 14.3 Å². The third-order valence-electron chi connectivity index (χ3n) is 5.02. The lowest BCUT2D eigenvalue weighted by Crippen LogP contribution is -2.45. The molecule has 1 saturated heterocycles. The lowest BCUT2D eigenvalue weighted by Gasteiger charge is -2.34. The van der Waals surface area contributed by atoms with Gasteiger partial charge in [0, 0.05) is 12.8 Å². The highest BCUT2D eigenvalue weighted by Gasteiger charge is 2.42. The average molecular weight is 351 g/mol. The normalized spacial score (nSPS) is 19.8. The monoisotopic (exact) mass is 350 g/mol. The molecule has 1 aliphatic rings. The molecule has 1 rings (SSSR count). The molecule has 1 fully saturated rings. The molecular weight excluding hydrogens is 312 g/mol. The van der Waals surface area contributed by atoms with Gasteiger partial charge < -0.3 is 4.74 Å². The third-order valence-corrected chi connectivity index (χ3v) is 5.02. The molecule has 0 saturated carbocycles. The van der Waals surface area contributed by atoms with Crippen LogP contribution in [0.15, 0.2) is 12.2 Å². The van der Waals surface area contributed by atoms with Gasteiger partial charge in [0.25, 0.3) is 0 Å². The van der Waals surface area contributed by atoms with Gasteiger partial charge in [-0.1, -0.05) is 83.8 Å². The van der Waals surface area contributed by atoms with Crippen molar-refractivity contribution in [2.24, 2.45) is 5.92 Å². The maximum atomic E-state index is 12.1. The third kappa shape index (κ3) is 9.81. The van der Waals surface area contributed by atoms with E-state index in [4.69, 9.17) is 4.74 Å². The van der Waals surface area contributed by atoms with Crippen LogP contribution in [0.2, 0.25) is 0 Å². The number of Topliss-reactive ketones (excluding diaryl/α,β-unsaturated/α-hetero) is 1. The molecule has 1 heterocycles. The van der Waals surface area contributed by atoms with E-state index in [-0.39, 0.29) is 23.8 Å². The summed E-state index contributed by atoms with van der Waals surface area (Å²) in [7, 11) is 0. The first-order chi connectivity index (χ1) is 12.2. The van der Waals surface area contributed by atoms with Crippen LogP contribution >= 0.6 is 0 Å². The van der Waals surface area contributed by atoms with E-state index in [1.165, 1.54) is 44.9 Å². The lowest BCUT2D eigenvalue weighted by atomic mass is 9.88. The maximum absolute atomic E-state index is 12.1. The van der Waals surface area contributed by atoms with E-state index in [2.05, 4.69) is 26.0 Å². The summed E-state index contributed by atoms with van der Waals surface area (Å²) < 4.78 is 5.18. The number of rotatable bonds is 16. The van der Waals surface area contributed by atoms with Crippen LogP contribution in [0.5, 0.6) is 0 Å². The van der Waals surface area contributed by atoms with E-state index in [0.717, 1.165) is 32.1 Å². The largest absolute Gasteiger partial charge is 0.461 e. The molecule has 3 heteroatoms. The number of carbonyl (C=O) groups is 2. The Morgan fingerprint density at radius 3 is 2.16 bits per heavy atom. The second kappa shape index (κ2) is 14.1. The zero-order valence-electron chi connectivity index (χ0n) is 16.4. The number of ether oxygens (including phenoxy) is 1. The average Bonchev–Trinajstić information content (AvgIpc) is 2.59. The van der Waals surface area contributed by atoms with Gasteiger partial charge in [-0.15, -0.1) is 0 Å². The van der Waals surface area contributed by atoms with Crippen LogP contribution in [0, 0.1) is 5.92 Å². The minimum Gasteiger partial charge on any atom is -0.461 e. The van der Waals surface area contributed by atoms with Crippen molar-refractivity contribution in [1.82, 2.24) is 0 Å². The fraction of sp³-hybridized carbons (Fsp3) is 0.818. The molecular formula is C22H38O3. The van der Waals surface area contributed by atoms with Gasteiger partial charge in [-0.2, -0.15) is 0 Å². The SMILES string of the molecule is CCCC=CC[C@@H]1C(=O)O[C@H]1CC(=O)CCCCCCCCCCC. The van der Waals surface area contributed by atoms with Gasteiger partial charge in [0.2, 0.25) is 0 Å². The number of ketones is 1. The molecule has 0 radical (unpaired) electrons. The summed E-state index contributed by atoms with van der Waals surface area (Å²) in [6.45, 7) is 4.38. The minimum absolute atomic E-state index is 0.0971. The molecule has 1 aliphatic heterocycles. The molecule has 0 aliphatic carbocycles. The highest BCUT2D eigenvalue weighted by Crippen LogP contribution is 2.29.